The van der Waals surface area contributed by atoms with Crippen LogP contribution in [0.4, 0.5) is 0 Å². The molecule has 5 rings (SSSR count). The largest absolute Gasteiger partial charge is 0.301 e. The van der Waals surface area contributed by atoms with Gasteiger partial charge in [0.15, 0.2) is 5.03 Å². The first kappa shape index (κ1) is 16.6. The lowest BCUT2D eigenvalue weighted by Gasteiger charge is -2.07. The van der Waals surface area contributed by atoms with Gasteiger partial charge < -0.3 is 0 Å². The van der Waals surface area contributed by atoms with E-state index < -0.39 is 10.0 Å². The van der Waals surface area contributed by atoms with Crippen LogP contribution in [-0.4, -0.2) is 32.0 Å². The quantitative estimate of drug-likeness (QED) is 0.473. The van der Waals surface area contributed by atoms with Gasteiger partial charge in [0, 0.05) is 18.0 Å². The molecule has 0 fully saturated rings. The molecule has 0 radical (unpaired) electrons. The van der Waals surface area contributed by atoms with E-state index in [1.165, 1.54) is 16.8 Å². The molecule has 0 amide bonds. The summed E-state index contributed by atoms with van der Waals surface area (Å²) in [6, 6.07) is 15.1. The molecule has 0 atom stereocenters. The van der Waals surface area contributed by atoms with E-state index >= 15 is 0 Å². The molecule has 7 nitrogen and oxygen atoms in total. The number of hydrogen-bond donors (Lipinski definition) is 0. The van der Waals surface area contributed by atoms with Gasteiger partial charge >= 0.3 is 10.0 Å². The molecule has 0 saturated carbocycles. The third-order valence-corrected chi connectivity index (χ3v) is 6.23. The zero-order chi connectivity index (χ0) is 19.3. The SMILES string of the molecule is Cc1ccc(-c2cnc3cnn(S(=O)(=O)c4cnc5ccccn45)c3c2)cc1. The molecule has 0 aliphatic heterocycles. The van der Waals surface area contributed by atoms with Crippen LogP contribution in [0.25, 0.3) is 27.8 Å². The zero-order valence-electron chi connectivity index (χ0n) is 14.9. The highest BCUT2D eigenvalue weighted by atomic mass is 32.2. The molecule has 0 unspecified atom stereocenters. The van der Waals surface area contributed by atoms with Crippen LogP contribution in [0.3, 0.4) is 0 Å². The van der Waals surface area contributed by atoms with Gasteiger partial charge in [-0.2, -0.15) is 17.6 Å². The summed E-state index contributed by atoms with van der Waals surface area (Å²) < 4.78 is 29.1. The van der Waals surface area contributed by atoms with Crippen LogP contribution >= 0.6 is 0 Å². The summed E-state index contributed by atoms with van der Waals surface area (Å²) in [6.07, 6.45) is 6.18. The fourth-order valence-electron chi connectivity index (χ4n) is 3.17. The number of fused-ring (bicyclic) bond motifs is 2. The highest BCUT2D eigenvalue weighted by molar-refractivity contribution is 7.90. The topological polar surface area (TPSA) is 82.1 Å². The molecule has 0 saturated heterocycles. The molecular weight excluding hydrogens is 374 g/mol. The van der Waals surface area contributed by atoms with Crippen molar-refractivity contribution in [3.05, 3.63) is 78.9 Å². The van der Waals surface area contributed by atoms with Crippen LogP contribution in [0.5, 0.6) is 0 Å². The molecule has 4 aromatic heterocycles. The van der Waals surface area contributed by atoms with Gasteiger partial charge in [0.1, 0.15) is 16.7 Å². The van der Waals surface area contributed by atoms with Crippen LogP contribution < -0.4 is 0 Å². The predicted molar refractivity (Wildman–Crippen MR) is 105 cm³/mol. The Bertz CT molecular complexity index is 1430. The lowest BCUT2D eigenvalue weighted by molar-refractivity contribution is 0.577. The van der Waals surface area contributed by atoms with E-state index in [9.17, 15) is 8.42 Å². The van der Waals surface area contributed by atoms with Gasteiger partial charge in [-0.3, -0.25) is 9.38 Å². The van der Waals surface area contributed by atoms with Crippen LogP contribution in [-0.2, 0) is 10.0 Å². The molecule has 4 heterocycles. The van der Waals surface area contributed by atoms with Crippen molar-refractivity contribution >= 4 is 26.7 Å². The lowest BCUT2D eigenvalue weighted by Crippen LogP contribution is -2.16. The van der Waals surface area contributed by atoms with E-state index in [0.29, 0.717) is 16.7 Å². The maximum atomic E-state index is 13.3. The first-order chi connectivity index (χ1) is 13.5. The second kappa shape index (κ2) is 6.00. The van der Waals surface area contributed by atoms with Crippen LogP contribution in [0.1, 0.15) is 5.56 Å². The van der Waals surface area contributed by atoms with Crippen LogP contribution in [0.2, 0.25) is 0 Å². The molecule has 138 valence electrons. The van der Waals surface area contributed by atoms with Crippen molar-refractivity contribution in [1.82, 2.24) is 23.6 Å². The van der Waals surface area contributed by atoms with Gasteiger partial charge in [0.25, 0.3) is 0 Å². The van der Waals surface area contributed by atoms with Gasteiger partial charge in [-0.1, -0.05) is 35.9 Å². The average Bonchev–Trinajstić information content (AvgIpc) is 3.33. The number of aryl methyl sites for hydroxylation is 1. The Balaban J connectivity index is 1.70. The molecular formula is C20H15N5O2S. The standard InChI is InChI=1S/C20H15N5O2S/c1-14-5-7-15(8-6-14)16-10-18-17(21-11-16)12-23-25(18)28(26,27)20-13-22-19-4-2-3-9-24(19)20/h2-13H,1H3. The number of imidazole rings is 1. The minimum atomic E-state index is -3.95. The highest BCUT2D eigenvalue weighted by Gasteiger charge is 2.25. The molecule has 0 aliphatic carbocycles. The Hall–Kier alpha value is -3.52. The Morgan fingerprint density at radius 3 is 2.54 bits per heavy atom. The van der Waals surface area contributed by atoms with Crippen LogP contribution in [0.15, 0.2) is 78.3 Å². The summed E-state index contributed by atoms with van der Waals surface area (Å²) >= 11 is 0. The number of benzene rings is 1. The lowest BCUT2D eigenvalue weighted by atomic mass is 10.1. The number of nitrogens with zero attached hydrogens (tertiary/aromatic N) is 5. The van der Waals surface area contributed by atoms with Crippen molar-refractivity contribution < 1.29 is 8.42 Å². The van der Waals surface area contributed by atoms with Crippen molar-refractivity contribution in [2.24, 2.45) is 0 Å². The van der Waals surface area contributed by atoms with Gasteiger partial charge in [0.05, 0.1) is 12.4 Å². The van der Waals surface area contributed by atoms with Crippen molar-refractivity contribution in [1.29, 1.82) is 0 Å². The summed E-state index contributed by atoms with van der Waals surface area (Å²) in [7, 11) is -3.95. The van der Waals surface area contributed by atoms with E-state index in [4.69, 9.17) is 0 Å². The minimum absolute atomic E-state index is 0.0499. The highest BCUT2D eigenvalue weighted by Crippen LogP contribution is 2.25. The molecule has 0 bridgehead atoms. The molecule has 5 aromatic rings. The van der Waals surface area contributed by atoms with E-state index in [-0.39, 0.29) is 5.03 Å². The van der Waals surface area contributed by atoms with Gasteiger partial charge in [0.2, 0.25) is 0 Å². The Morgan fingerprint density at radius 1 is 0.893 bits per heavy atom. The summed E-state index contributed by atoms with van der Waals surface area (Å²) in [6.45, 7) is 2.02. The minimum Gasteiger partial charge on any atom is -0.289 e. The third kappa shape index (κ3) is 2.49. The smallest absolute Gasteiger partial charge is 0.289 e. The van der Waals surface area contributed by atoms with Gasteiger partial charge in [-0.05, 0) is 30.7 Å². The van der Waals surface area contributed by atoms with E-state index in [1.54, 1.807) is 36.7 Å². The maximum Gasteiger partial charge on any atom is 0.301 e. The first-order valence-electron chi connectivity index (χ1n) is 8.62. The molecule has 0 aliphatic rings. The normalized spacial score (nSPS) is 12.0. The zero-order valence-corrected chi connectivity index (χ0v) is 15.7. The van der Waals surface area contributed by atoms with Gasteiger partial charge in [-0.15, -0.1) is 0 Å². The second-order valence-corrected chi connectivity index (χ2v) is 8.23. The number of rotatable bonds is 3. The number of pyridine rings is 2. The summed E-state index contributed by atoms with van der Waals surface area (Å²) in [5.41, 5.74) is 4.41. The first-order valence-corrected chi connectivity index (χ1v) is 10.1. The molecule has 1 aromatic carbocycles. The Kier molecular flexibility index (Phi) is 3.56. The van der Waals surface area contributed by atoms with E-state index in [0.717, 1.165) is 20.8 Å². The number of aromatic nitrogens is 5. The Labute approximate surface area is 161 Å². The van der Waals surface area contributed by atoms with E-state index in [1.807, 2.05) is 31.2 Å². The van der Waals surface area contributed by atoms with E-state index in [2.05, 4.69) is 15.1 Å². The molecule has 0 N–H and O–H groups in total. The molecule has 8 heteroatoms. The summed E-state index contributed by atoms with van der Waals surface area (Å²) in [5, 5.41) is 4.15. The van der Waals surface area contributed by atoms with Crippen molar-refractivity contribution in [2.45, 2.75) is 11.9 Å². The van der Waals surface area contributed by atoms with Crippen molar-refractivity contribution in [3.63, 3.8) is 0 Å². The summed E-state index contributed by atoms with van der Waals surface area (Å²) in [5.74, 6) is 0. The number of hydrogen-bond acceptors (Lipinski definition) is 5. The van der Waals surface area contributed by atoms with Gasteiger partial charge in [-0.25, -0.2) is 4.98 Å². The fraction of sp³-hybridized carbons (Fsp3) is 0.0500. The third-order valence-electron chi connectivity index (χ3n) is 4.65. The Morgan fingerprint density at radius 2 is 1.71 bits per heavy atom. The van der Waals surface area contributed by atoms with Crippen molar-refractivity contribution in [2.75, 3.05) is 0 Å². The van der Waals surface area contributed by atoms with Crippen LogP contribution in [0, 0.1) is 6.92 Å². The monoisotopic (exact) mass is 389 g/mol. The summed E-state index contributed by atoms with van der Waals surface area (Å²) in [4.78, 5) is 8.56. The second-order valence-electron chi connectivity index (χ2n) is 6.51. The van der Waals surface area contributed by atoms with Crippen molar-refractivity contribution in [3.8, 4) is 11.1 Å². The fourth-order valence-corrected chi connectivity index (χ4v) is 4.51. The predicted octanol–water partition coefficient (Wildman–Crippen LogP) is 3.29. The molecule has 28 heavy (non-hydrogen) atoms. The maximum absolute atomic E-state index is 13.3. The molecule has 0 spiro atoms. The average molecular weight is 389 g/mol.